The Morgan fingerprint density at radius 1 is 1.26 bits per heavy atom. The molecular formula is C12H8BrF3O3. The summed E-state index contributed by atoms with van der Waals surface area (Å²) in [5.74, 6) is -1.41. The molecule has 7 heteroatoms. The molecule has 0 saturated heterocycles. The van der Waals surface area contributed by atoms with E-state index in [0.717, 1.165) is 6.08 Å². The number of hydrogen-bond donors (Lipinski definition) is 1. The van der Waals surface area contributed by atoms with Gasteiger partial charge in [-0.15, -0.1) is 13.2 Å². The lowest BCUT2D eigenvalue weighted by Gasteiger charge is -2.08. The highest BCUT2D eigenvalue weighted by Gasteiger charge is 2.30. The average molecular weight is 337 g/mol. The molecule has 0 spiro atoms. The zero-order valence-corrected chi connectivity index (χ0v) is 10.9. The highest BCUT2D eigenvalue weighted by molar-refractivity contribution is 9.15. The molecular weight excluding hydrogens is 329 g/mol. The molecule has 3 nitrogen and oxygen atoms in total. The lowest BCUT2D eigenvalue weighted by molar-refractivity contribution is -0.274. The highest BCUT2D eigenvalue weighted by Crippen LogP contribution is 2.26. The molecule has 0 bridgehead atoms. The molecule has 0 aliphatic rings. The SMILES string of the molecule is O=C(O)/C=C/C=C(/Br)c1ccc(OC(F)(F)F)cc1. The predicted octanol–water partition coefficient (Wildman–Crippen LogP) is 3.96. The van der Waals surface area contributed by atoms with Gasteiger partial charge in [-0.2, -0.15) is 0 Å². The molecule has 102 valence electrons. The van der Waals surface area contributed by atoms with Gasteiger partial charge in [0.1, 0.15) is 5.75 Å². The van der Waals surface area contributed by atoms with Crippen molar-refractivity contribution < 1.29 is 27.8 Å². The number of alkyl halides is 3. The first-order chi connectivity index (χ1) is 8.78. The summed E-state index contributed by atoms with van der Waals surface area (Å²) >= 11 is 3.18. The smallest absolute Gasteiger partial charge is 0.478 e. The van der Waals surface area contributed by atoms with Crippen LogP contribution in [-0.4, -0.2) is 17.4 Å². The number of benzene rings is 1. The summed E-state index contributed by atoms with van der Waals surface area (Å²) in [7, 11) is 0. The van der Waals surface area contributed by atoms with Gasteiger partial charge in [0.05, 0.1) is 0 Å². The second-order valence-corrected chi connectivity index (χ2v) is 4.14. The van der Waals surface area contributed by atoms with Crippen molar-refractivity contribution in [2.24, 2.45) is 0 Å². The molecule has 1 N–H and O–H groups in total. The Hall–Kier alpha value is -1.76. The van der Waals surface area contributed by atoms with Gasteiger partial charge in [0.15, 0.2) is 0 Å². The van der Waals surface area contributed by atoms with Crippen LogP contribution in [-0.2, 0) is 4.79 Å². The van der Waals surface area contributed by atoms with Gasteiger partial charge >= 0.3 is 12.3 Å². The lowest BCUT2D eigenvalue weighted by Crippen LogP contribution is -2.16. The molecule has 1 rings (SSSR count). The van der Waals surface area contributed by atoms with Crippen molar-refractivity contribution in [1.82, 2.24) is 0 Å². The van der Waals surface area contributed by atoms with Gasteiger partial charge in [-0.1, -0.05) is 34.1 Å². The van der Waals surface area contributed by atoms with Crippen molar-refractivity contribution in [3.63, 3.8) is 0 Å². The Morgan fingerprint density at radius 3 is 2.32 bits per heavy atom. The van der Waals surface area contributed by atoms with Crippen LogP contribution in [0, 0.1) is 0 Å². The van der Waals surface area contributed by atoms with Crippen molar-refractivity contribution in [1.29, 1.82) is 0 Å². The van der Waals surface area contributed by atoms with Crippen LogP contribution in [0.4, 0.5) is 13.2 Å². The van der Waals surface area contributed by atoms with E-state index in [1.807, 2.05) is 0 Å². The van der Waals surface area contributed by atoms with Crippen LogP contribution in [0.25, 0.3) is 4.48 Å². The van der Waals surface area contributed by atoms with Crippen LogP contribution in [0.3, 0.4) is 0 Å². The van der Waals surface area contributed by atoms with Gasteiger partial charge in [-0.3, -0.25) is 0 Å². The minimum Gasteiger partial charge on any atom is -0.478 e. The third-order valence-corrected chi connectivity index (χ3v) is 2.57. The van der Waals surface area contributed by atoms with Gasteiger partial charge in [0, 0.05) is 10.6 Å². The predicted molar refractivity (Wildman–Crippen MR) is 66.8 cm³/mol. The number of carboxylic acids is 1. The van der Waals surface area contributed by atoms with E-state index in [4.69, 9.17) is 5.11 Å². The van der Waals surface area contributed by atoms with E-state index in [1.165, 1.54) is 36.4 Å². The molecule has 0 aliphatic carbocycles. The molecule has 0 atom stereocenters. The average Bonchev–Trinajstić information content (AvgIpc) is 2.27. The standard InChI is InChI=1S/C12H8BrF3O3/c13-10(2-1-3-11(17)18)8-4-6-9(7-5-8)19-12(14,15)16/h1-7H,(H,17,18)/b3-1+,10-2+. The third kappa shape index (κ3) is 6.10. The lowest BCUT2D eigenvalue weighted by atomic mass is 10.2. The molecule has 0 aromatic heterocycles. The molecule has 0 unspecified atom stereocenters. The van der Waals surface area contributed by atoms with Crippen LogP contribution in [0.15, 0.2) is 42.5 Å². The van der Waals surface area contributed by atoms with Crippen LogP contribution >= 0.6 is 15.9 Å². The maximum Gasteiger partial charge on any atom is 0.573 e. The van der Waals surface area contributed by atoms with E-state index in [9.17, 15) is 18.0 Å². The van der Waals surface area contributed by atoms with E-state index in [-0.39, 0.29) is 5.75 Å². The van der Waals surface area contributed by atoms with Gasteiger partial charge in [0.2, 0.25) is 0 Å². The molecule has 0 amide bonds. The summed E-state index contributed by atoms with van der Waals surface area (Å²) in [5, 5.41) is 8.39. The zero-order valence-electron chi connectivity index (χ0n) is 9.32. The quantitative estimate of drug-likeness (QED) is 0.668. The minimum atomic E-state index is -4.72. The van der Waals surface area contributed by atoms with Crippen molar-refractivity contribution in [3.05, 3.63) is 48.1 Å². The molecule has 0 saturated carbocycles. The Bertz CT molecular complexity index is 504. The van der Waals surface area contributed by atoms with Gasteiger partial charge in [-0.25, -0.2) is 4.79 Å². The second kappa shape index (κ2) is 6.42. The molecule has 0 heterocycles. The van der Waals surface area contributed by atoms with Crippen LogP contribution in [0.2, 0.25) is 0 Å². The van der Waals surface area contributed by atoms with Crippen LogP contribution < -0.4 is 4.74 Å². The number of hydrogen-bond acceptors (Lipinski definition) is 2. The summed E-state index contributed by atoms with van der Waals surface area (Å²) in [6, 6.07) is 5.16. The third-order valence-electron chi connectivity index (χ3n) is 1.85. The molecule has 1 aromatic carbocycles. The van der Waals surface area contributed by atoms with Crippen molar-refractivity contribution >= 4 is 26.4 Å². The number of carbonyl (C=O) groups is 1. The van der Waals surface area contributed by atoms with Crippen molar-refractivity contribution in [2.75, 3.05) is 0 Å². The number of halogens is 4. The van der Waals surface area contributed by atoms with Gasteiger partial charge in [0.25, 0.3) is 0 Å². The molecule has 0 radical (unpaired) electrons. The first-order valence-corrected chi connectivity index (χ1v) is 5.70. The Balaban J connectivity index is 2.78. The van der Waals surface area contributed by atoms with Crippen molar-refractivity contribution in [2.45, 2.75) is 6.36 Å². The topological polar surface area (TPSA) is 46.5 Å². The zero-order chi connectivity index (χ0) is 14.5. The van der Waals surface area contributed by atoms with Crippen LogP contribution in [0.5, 0.6) is 5.75 Å². The van der Waals surface area contributed by atoms with Gasteiger partial charge < -0.3 is 9.84 Å². The Kier molecular flexibility index (Phi) is 5.17. The summed E-state index contributed by atoms with van der Waals surface area (Å²) in [6.07, 6.45) is -1.03. The number of allylic oxidation sites excluding steroid dienone is 2. The van der Waals surface area contributed by atoms with Gasteiger partial charge in [-0.05, 0) is 23.8 Å². The Labute approximate surface area is 115 Å². The summed E-state index contributed by atoms with van der Waals surface area (Å²) < 4.78 is 40.1. The minimum absolute atomic E-state index is 0.322. The number of aliphatic carboxylic acids is 1. The summed E-state index contributed by atoms with van der Waals surface area (Å²) in [6.45, 7) is 0. The van der Waals surface area contributed by atoms with E-state index in [0.29, 0.717) is 10.0 Å². The largest absolute Gasteiger partial charge is 0.573 e. The number of rotatable bonds is 4. The number of ether oxygens (including phenoxy) is 1. The first-order valence-electron chi connectivity index (χ1n) is 4.91. The van der Waals surface area contributed by atoms with Crippen molar-refractivity contribution in [3.8, 4) is 5.75 Å². The summed E-state index contributed by atoms with van der Waals surface area (Å²) in [5.41, 5.74) is 0.588. The van der Waals surface area contributed by atoms with E-state index in [2.05, 4.69) is 20.7 Å². The molecule has 0 fully saturated rings. The normalized spacial score (nSPS) is 12.7. The number of carboxylic acid groups (broad SMARTS) is 1. The fraction of sp³-hybridized carbons (Fsp3) is 0.0833. The highest BCUT2D eigenvalue weighted by atomic mass is 79.9. The molecule has 1 aromatic rings. The van der Waals surface area contributed by atoms with E-state index < -0.39 is 12.3 Å². The Morgan fingerprint density at radius 2 is 1.84 bits per heavy atom. The molecule has 19 heavy (non-hydrogen) atoms. The second-order valence-electron chi connectivity index (χ2n) is 3.28. The molecule has 0 aliphatic heterocycles. The fourth-order valence-corrected chi connectivity index (χ4v) is 1.54. The monoisotopic (exact) mass is 336 g/mol. The van der Waals surface area contributed by atoms with E-state index in [1.54, 1.807) is 0 Å². The maximum atomic E-state index is 11.9. The summed E-state index contributed by atoms with van der Waals surface area (Å²) in [4.78, 5) is 10.2. The maximum absolute atomic E-state index is 11.9. The van der Waals surface area contributed by atoms with Crippen LogP contribution in [0.1, 0.15) is 5.56 Å². The first kappa shape index (κ1) is 15.3. The van der Waals surface area contributed by atoms with E-state index >= 15 is 0 Å². The fourth-order valence-electron chi connectivity index (χ4n) is 1.13.